The van der Waals surface area contributed by atoms with Crippen LogP contribution in [0.1, 0.15) is 29.6 Å². The van der Waals surface area contributed by atoms with Crippen molar-refractivity contribution >= 4 is 39.5 Å². The second-order valence-corrected chi connectivity index (χ2v) is 13.9. The number of rotatable bonds is 7. The highest BCUT2D eigenvalue weighted by Crippen LogP contribution is 2.54. The molecule has 0 aliphatic carbocycles. The SMILES string of the molecule is NC1=NCCSSCC2(O)OC(COC(=O)CC(=O)O)C(O)C(ON1)C2OOc1ccc2c(c1)C1Oc3cc4c(cc3C1CO2)OCO4. The van der Waals surface area contributed by atoms with Crippen molar-refractivity contribution in [3.8, 4) is 28.7 Å². The molecule has 1 saturated heterocycles. The molecular formula is C29H31N3O14S2. The maximum absolute atomic E-state index is 11.9. The molecule has 7 unspecified atom stereocenters. The van der Waals surface area contributed by atoms with Crippen molar-refractivity contribution in [3.63, 3.8) is 0 Å². The molecule has 7 atom stereocenters. The average molecular weight is 710 g/mol. The summed E-state index contributed by atoms with van der Waals surface area (Å²) in [6.07, 6.45) is -7.21. The van der Waals surface area contributed by atoms with Gasteiger partial charge in [0.2, 0.25) is 18.5 Å². The first-order valence-corrected chi connectivity index (χ1v) is 17.3. The van der Waals surface area contributed by atoms with Gasteiger partial charge in [0.25, 0.3) is 0 Å². The number of carbonyl (C=O) groups excluding carboxylic acids is 1. The highest BCUT2D eigenvalue weighted by molar-refractivity contribution is 8.76. The molecule has 0 aromatic heterocycles. The highest BCUT2D eigenvalue weighted by Gasteiger charge is 2.57. The summed E-state index contributed by atoms with van der Waals surface area (Å²) in [7, 11) is 2.61. The number of nitrogens with zero attached hydrogens (tertiary/aromatic N) is 1. The Morgan fingerprint density at radius 3 is 2.75 bits per heavy atom. The number of carboxylic acid groups (broad SMARTS) is 1. The van der Waals surface area contributed by atoms with Crippen LogP contribution in [0.4, 0.5) is 0 Å². The van der Waals surface area contributed by atoms with E-state index in [0.29, 0.717) is 47.5 Å². The van der Waals surface area contributed by atoms with Gasteiger partial charge < -0.3 is 54.4 Å². The van der Waals surface area contributed by atoms with Gasteiger partial charge in [0.1, 0.15) is 48.9 Å². The van der Waals surface area contributed by atoms with Crippen molar-refractivity contribution < 1.29 is 67.9 Å². The first kappa shape index (κ1) is 32.7. The van der Waals surface area contributed by atoms with E-state index in [1.807, 2.05) is 6.07 Å². The van der Waals surface area contributed by atoms with Crippen molar-refractivity contribution in [2.45, 2.75) is 48.6 Å². The third-order valence-electron chi connectivity index (χ3n) is 8.10. The zero-order valence-corrected chi connectivity index (χ0v) is 26.6. The smallest absolute Gasteiger partial charge is 0.317 e. The number of aliphatic hydroxyl groups excluding tert-OH is 1. The van der Waals surface area contributed by atoms with Crippen LogP contribution in [0.15, 0.2) is 35.3 Å². The molecule has 258 valence electrons. The number of aliphatic hydroxyl groups is 2. The summed E-state index contributed by atoms with van der Waals surface area (Å²) in [6, 6.07) is 8.69. The van der Waals surface area contributed by atoms with Crippen LogP contribution in [0.3, 0.4) is 0 Å². The summed E-state index contributed by atoms with van der Waals surface area (Å²) in [5.74, 6) is -1.73. The summed E-state index contributed by atoms with van der Waals surface area (Å²) in [6.45, 7) is 0.277. The van der Waals surface area contributed by atoms with Crippen LogP contribution in [0.25, 0.3) is 0 Å². The molecule has 6 N–H and O–H groups in total. The molecule has 17 nitrogen and oxygen atoms in total. The molecule has 19 heteroatoms. The maximum Gasteiger partial charge on any atom is 0.317 e. The van der Waals surface area contributed by atoms with Crippen LogP contribution in [-0.4, -0.2) is 101 Å². The zero-order chi connectivity index (χ0) is 33.4. The van der Waals surface area contributed by atoms with E-state index in [1.54, 1.807) is 24.3 Å². The number of fused-ring (bicyclic) bond motifs is 8. The van der Waals surface area contributed by atoms with Crippen LogP contribution in [-0.2, 0) is 28.8 Å². The van der Waals surface area contributed by atoms with Gasteiger partial charge in [-0.15, -0.1) is 0 Å². The minimum atomic E-state index is -2.18. The van der Waals surface area contributed by atoms with Gasteiger partial charge >= 0.3 is 11.9 Å². The zero-order valence-electron chi connectivity index (χ0n) is 25.0. The number of esters is 1. The van der Waals surface area contributed by atoms with Gasteiger partial charge in [-0.3, -0.25) is 19.4 Å². The van der Waals surface area contributed by atoms with Crippen molar-refractivity contribution in [2.75, 3.05) is 38.1 Å². The van der Waals surface area contributed by atoms with Crippen molar-refractivity contribution in [2.24, 2.45) is 10.7 Å². The molecule has 5 heterocycles. The first-order valence-electron chi connectivity index (χ1n) is 14.8. The van der Waals surface area contributed by atoms with Crippen LogP contribution in [0, 0.1) is 0 Å². The molecule has 0 spiro atoms. The van der Waals surface area contributed by atoms with E-state index < -0.39 is 61.3 Å². The number of ether oxygens (including phenoxy) is 6. The number of nitrogens with two attached hydrogens (primary N) is 1. The van der Waals surface area contributed by atoms with Crippen molar-refractivity contribution in [3.05, 3.63) is 41.5 Å². The Hall–Kier alpha value is -3.85. The van der Waals surface area contributed by atoms with Gasteiger partial charge in [-0.05, 0) is 24.3 Å². The Morgan fingerprint density at radius 2 is 1.92 bits per heavy atom. The minimum absolute atomic E-state index is 0.0994. The molecule has 2 bridgehead atoms. The van der Waals surface area contributed by atoms with Gasteiger partial charge in [-0.25, -0.2) is 5.48 Å². The van der Waals surface area contributed by atoms with Gasteiger partial charge in [0.05, 0.1) is 24.8 Å². The lowest BCUT2D eigenvalue weighted by Crippen LogP contribution is -2.69. The van der Waals surface area contributed by atoms with Crippen LogP contribution < -0.4 is 35.0 Å². The molecule has 0 saturated carbocycles. The van der Waals surface area contributed by atoms with Gasteiger partial charge in [-0.1, -0.05) is 21.6 Å². The maximum atomic E-state index is 11.9. The Labute approximate surface area is 280 Å². The number of aliphatic imine (C=N–C) groups is 1. The third kappa shape index (κ3) is 6.58. The van der Waals surface area contributed by atoms with E-state index in [0.717, 1.165) is 5.56 Å². The molecule has 0 radical (unpaired) electrons. The number of hydrogen-bond donors (Lipinski definition) is 5. The van der Waals surface area contributed by atoms with E-state index in [9.17, 15) is 19.8 Å². The molecule has 1 fully saturated rings. The van der Waals surface area contributed by atoms with E-state index >= 15 is 0 Å². The topological polar surface area (TPSA) is 228 Å². The van der Waals surface area contributed by atoms with Crippen LogP contribution in [0.2, 0.25) is 0 Å². The molecule has 2 aromatic rings. The van der Waals surface area contributed by atoms with Crippen molar-refractivity contribution in [1.29, 1.82) is 0 Å². The second kappa shape index (κ2) is 13.6. The molecule has 5 aliphatic heterocycles. The van der Waals surface area contributed by atoms with Crippen molar-refractivity contribution in [1.82, 2.24) is 5.48 Å². The number of benzene rings is 2. The number of hydrogen-bond acceptors (Lipinski definition) is 18. The lowest BCUT2D eigenvalue weighted by molar-refractivity contribution is -0.407. The fraction of sp³-hybridized carbons (Fsp3) is 0.483. The fourth-order valence-electron chi connectivity index (χ4n) is 5.84. The molecular weight excluding hydrogens is 678 g/mol. The predicted molar refractivity (Wildman–Crippen MR) is 165 cm³/mol. The first-order chi connectivity index (χ1) is 23.2. The summed E-state index contributed by atoms with van der Waals surface area (Å²) in [5.41, 5.74) is 9.97. The normalized spacial score (nSPS) is 30.3. The number of aliphatic carboxylic acids is 1. The number of carboxylic acids is 1. The summed E-state index contributed by atoms with van der Waals surface area (Å²) in [5, 5.41) is 32.0. The summed E-state index contributed by atoms with van der Waals surface area (Å²) >= 11 is 0. The Morgan fingerprint density at radius 1 is 1.08 bits per heavy atom. The van der Waals surface area contributed by atoms with Gasteiger partial charge in [0.15, 0.2) is 23.4 Å². The Balaban J connectivity index is 1.11. The number of guanidine groups is 1. The largest absolute Gasteiger partial charge is 0.492 e. The highest BCUT2D eigenvalue weighted by atomic mass is 33.1. The predicted octanol–water partition coefficient (Wildman–Crippen LogP) is 0.770. The van der Waals surface area contributed by atoms with E-state index in [2.05, 4.69) is 10.5 Å². The lowest BCUT2D eigenvalue weighted by Gasteiger charge is -2.47. The summed E-state index contributed by atoms with van der Waals surface area (Å²) < 4.78 is 34.3. The Bertz CT molecular complexity index is 1600. The van der Waals surface area contributed by atoms with Gasteiger partial charge in [-0.2, -0.15) is 4.89 Å². The number of nitrogens with one attached hydrogen (secondary N) is 1. The van der Waals surface area contributed by atoms with Crippen LogP contribution >= 0.6 is 21.6 Å². The number of carbonyl (C=O) groups is 2. The molecule has 7 rings (SSSR count). The Kier molecular flexibility index (Phi) is 9.24. The minimum Gasteiger partial charge on any atom is -0.492 e. The molecule has 48 heavy (non-hydrogen) atoms. The standard InChI is InChI=1S/C29H31N3O14S2/c30-28-31-3-4-47-48-11-29(37)27(26(44-32-28)24(36)21(43-29)10-39-23(35)8-22(33)34)46-45-13-1-2-17-15(5-13)25-16(9-38-17)14-6-19-20(41-12-40-19)7-18(14)42-25/h1-2,5-7,16,21,24-27,36-37H,3-4,8-12H2,(H,33,34)(H3,30,31,32). The average Bonchev–Trinajstić information content (AvgIpc) is 3.67. The lowest BCUT2D eigenvalue weighted by atomic mass is 9.89. The molecule has 2 aromatic carbocycles. The quantitative estimate of drug-likeness (QED) is 0.0879. The van der Waals surface area contributed by atoms with E-state index in [1.165, 1.54) is 21.6 Å². The number of hydroxylamine groups is 1. The van der Waals surface area contributed by atoms with Crippen LogP contribution in [0.5, 0.6) is 28.7 Å². The fourth-order valence-corrected chi connectivity index (χ4v) is 7.95. The van der Waals surface area contributed by atoms with E-state index in [-0.39, 0.29) is 30.2 Å². The van der Waals surface area contributed by atoms with E-state index in [4.69, 9.17) is 53.9 Å². The van der Waals surface area contributed by atoms with Gasteiger partial charge in [0, 0.05) is 22.9 Å². The molecule has 5 aliphatic rings. The second-order valence-electron chi connectivity index (χ2n) is 11.3. The third-order valence-corrected chi connectivity index (χ3v) is 10.5. The summed E-state index contributed by atoms with van der Waals surface area (Å²) in [4.78, 5) is 44.2. The molecule has 0 amide bonds. The monoisotopic (exact) mass is 709 g/mol.